The molecule has 316 valence electrons. The summed E-state index contributed by atoms with van der Waals surface area (Å²) in [5.74, 6) is -19.2. The van der Waals surface area contributed by atoms with Gasteiger partial charge in [-0.25, -0.2) is 18.7 Å². The van der Waals surface area contributed by atoms with Crippen molar-refractivity contribution in [3.8, 4) is 0 Å². The van der Waals surface area contributed by atoms with Crippen molar-refractivity contribution in [2.24, 2.45) is 0 Å². The van der Waals surface area contributed by atoms with Crippen molar-refractivity contribution in [2.45, 2.75) is 54.4 Å². The first-order valence-corrected chi connectivity index (χ1v) is 15.7. The third kappa shape index (κ3) is 12.0. The predicted octanol–water partition coefficient (Wildman–Crippen LogP) is -5.95. The fraction of sp³-hybridized carbons (Fsp3) is 0.519. The fourth-order valence-corrected chi connectivity index (χ4v) is 4.04. The highest BCUT2D eigenvalue weighted by Gasteiger charge is 2.53. The molecule has 0 saturated heterocycles. The van der Waals surface area contributed by atoms with Crippen LogP contribution < -0.4 is 27.8 Å². The molecule has 0 aliphatic carbocycles. The molecule has 1 aliphatic rings. The Bertz CT molecular complexity index is 1940. The van der Waals surface area contributed by atoms with Gasteiger partial charge in [0, 0.05) is 31.2 Å². The van der Waals surface area contributed by atoms with Crippen molar-refractivity contribution in [3.63, 3.8) is 0 Å². The van der Waals surface area contributed by atoms with Crippen molar-refractivity contribution in [3.05, 3.63) is 76.9 Å². The summed E-state index contributed by atoms with van der Waals surface area (Å²) in [6, 6.07) is 0.657. The van der Waals surface area contributed by atoms with E-state index in [9.17, 15) is 59.9 Å². The minimum atomic E-state index is -4.55. The molecule has 0 radical (unpaired) electrons. The van der Waals surface area contributed by atoms with Gasteiger partial charge in [-0.2, -0.15) is 26.3 Å². The molecule has 22 nitrogen and oxygen atoms in total. The molecule has 0 spiro atoms. The molecule has 2 aromatic heterocycles. The van der Waals surface area contributed by atoms with Crippen molar-refractivity contribution in [1.29, 1.82) is 0 Å². The Hall–Kier alpha value is -4.43. The summed E-state index contributed by atoms with van der Waals surface area (Å²) in [6.45, 7) is -3.12. The van der Waals surface area contributed by atoms with E-state index < -0.39 is 114 Å². The van der Waals surface area contributed by atoms with E-state index in [0.29, 0.717) is 29.9 Å². The highest BCUT2D eigenvalue weighted by atomic mass is 79.9. The van der Waals surface area contributed by atoms with E-state index in [4.69, 9.17) is 46.0 Å². The summed E-state index contributed by atoms with van der Waals surface area (Å²) in [4.78, 5) is 82.4. The summed E-state index contributed by atoms with van der Waals surface area (Å²) in [5.41, 5.74) is -4.68. The molecule has 3 rings (SSSR count). The van der Waals surface area contributed by atoms with E-state index >= 15 is 0 Å². The molecular formula is C27H33BrF6N6O16. The Labute approximate surface area is 313 Å². The van der Waals surface area contributed by atoms with E-state index in [-0.39, 0.29) is 20.3 Å². The molecular weight excluding hydrogens is 858 g/mol. The predicted molar refractivity (Wildman–Crippen MR) is 173 cm³/mol. The summed E-state index contributed by atoms with van der Waals surface area (Å²) >= 11 is 2.64. The number of hydrogen-bond acceptors (Lipinski definition) is 17. The lowest BCUT2D eigenvalue weighted by Gasteiger charge is -2.30. The van der Waals surface area contributed by atoms with E-state index in [1.54, 1.807) is 9.97 Å². The Balaban J connectivity index is 0.000000421. The van der Waals surface area contributed by atoms with E-state index in [1.807, 2.05) is 0 Å². The Morgan fingerprint density at radius 3 is 1.50 bits per heavy atom. The van der Waals surface area contributed by atoms with E-state index in [0.717, 1.165) is 0 Å². The fourth-order valence-electron chi connectivity index (χ4n) is 3.73. The minimum Gasteiger partial charge on any atom is -0.394 e. The number of alkyl halides is 6. The van der Waals surface area contributed by atoms with Gasteiger partial charge in [-0.05, 0) is 15.9 Å². The third-order valence-corrected chi connectivity index (χ3v) is 7.44. The first-order chi connectivity index (χ1) is 25.7. The molecule has 0 bridgehead atoms. The van der Waals surface area contributed by atoms with Crippen molar-refractivity contribution in [1.82, 2.24) is 29.3 Å². The molecule has 0 fully saturated rings. The number of aliphatic hydroxyl groups excluding tert-OH is 9. The van der Waals surface area contributed by atoms with Gasteiger partial charge in [-0.1, -0.05) is 6.08 Å². The van der Waals surface area contributed by atoms with Gasteiger partial charge in [0.15, 0.2) is 18.3 Å². The average Bonchev–Trinajstić information content (AvgIpc) is 3.17. The normalized spacial score (nSPS) is 16.5. The maximum Gasteiger partial charge on any atom is 0.353 e. The number of H-pyrrole nitrogens is 2. The topological polar surface area (TPSA) is 358 Å². The number of amides is 1. The smallest absolute Gasteiger partial charge is 0.353 e. The number of hydrogen-bond donors (Lipinski definition) is 12. The lowest BCUT2D eigenvalue weighted by atomic mass is 10.1. The lowest BCUT2D eigenvalue weighted by molar-refractivity contribution is -0.188. The number of halogens is 7. The third-order valence-electron chi connectivity index (χ3n) is 6.88. The molecule has 29 heteroatoms. The summed E-state index contributed by atoms with van der Waals surface area (Å²) in [6.07, 6.45) is -11.4. The van der Waals surface area contributed by atoms with Gasteiger partial charge in [-0.15, -0.1) is 0 Å². The van der Waals surface area contributed by atoms with Crippen LogP contribution in [0.25, 0.3) is 0 Å². The van der Waals surface area contributed by atoms with Crippen molar-refractivity contribution < 1.29 is 86.7 Å². The monoisotopic (exact) mass is 890 g/mol. The summed E-state index contributed by atoms with van der Waals surface area (Å²) in [5, 5.41) is 82.1. The molecule has 1 amide bonds. The van der Waals surface area contributed by atoms with Crippen LogP contribution in [0.2, 0.25) is 0 Å². The second-order valence-electron chi connectivity index (χ2n) is 10.9. The zero-order chi connectivity index (χ0) is 43.5. The molecule has 6 atom stereocenters. The summed E-state index contributed by atoms with van der Waals surface area (Å²) < 4.78 is 80.5. The van der Waals surface area contributed by atoms with Crippen LogP contribution in [0, 0.1) is 0 Å². The number of aromatic nitrogens is 4. The molecule has 56 heavy (non-hydrogen) atoms. The number of carbonyl (C=O) groups is 3. The van der Waals surface area contributed by atoms with Crippen LogP contribution in [0.3, 0.4) is 0 Å². The number of carbonyl (C=O) groups excluding carboxylic acids is 3. The SMILES string of the molecule is O=C(N1C=CCNC1)C(F)(F)[C@H](O)[C@H](O)CO.O=C(n1cc(Br)c(=O)[nH]c1=O)C(F)(F)[C@@H](O)[C@H](O)CO.O=C(n1ccc(=O)[nH]c1=O)C(F)(F)[C@@H](O)[C@H](O)CO. The maximum atomic E-state index is 13.6. The zero-order valence-electron chi connectivity index (χ0n) is 27.8. The van der Waals surface area contributed by atoms with Crippen LogP contribution in [0.15, 0.2) is 54.4 Å². The van der Waals surface area contributed by atoms with Crippen LogP contribution in [-0.2, 0) is 4.79 Å². The maximum absolute atomic E-state index is 13.6. The number of aromatic amines is 2. The van der Waals surface area contributed by atoms with Crippen LogP contribution in [0.1, 0.15) is 9.59 Å². The van der Waals surface area contributed by atoms with Gasteiger partial charge >= 0.3 is 46.9 Å². The lowest BCUT2D eigenvalue weighted by Crippen LogP contribution is -2.55. The van der Waals surface area contributed by atoms with Crippen LogP contribution >= 0.6 is 15.9 Å². The standard InChI is InChI=1S/C9H9BrF2N2O6.C9H10F2N2O6.C9H14F2N2O4/c10-3-1-14(8(20)13-6(3)18)7(19)9(11,12)5(17)4(16)2-15;10-9(11,6(17)4(15)3-14)7(18)13-2-1-5(16)12-8(13)19;10-9(11,7(16)6(15)4-14)8(17)13-3-1-2-12-5-13/h1,4-5,15-17H,2H2,(H,13,18,20);1-2,4,6,14-15,17H,3H2,(H,12,16,19);1,3,6-7,12,14-16H,2,4-5H2/t4-,5+;4-,6+;6-,7-/m111/s1. The van der Waals surface area contributed by atoms with E-state index in [2.05, 4.69) is 21.2 Å². The first kappa shape index (κ1) is 49.6. The van der Waals surface area contributed by atoms with Gasteiger partial charge in [0.25, 0.3) is 11.1 Å². The molecule has 3 heterocycles. The molecule has 1 aliphatic heterocycles. The summed E-state index contributed by atoms with van der Waals surface area (Å²) in [7, 11) is 0. The van der Waals surface area contributed by atoms with Gasteiger partial charge in [0.1, 0.15) is 18.3 Å². The molecule has 0 aromatic carbocycles. The number of rotatable bonds is 12. The largest absolute Gasteiger partial charge is 0.394 e. The van der Waals surface area contributed by atoms with Crippen LogP contribution in [-0.4, -0.2) is 175 Å². The molecule has 0 saturated carbocycles. The Morgan fingerprint density at radius 2 is 1.11 bits per heavy atom. The van der Waals surface area contributed by atoms with Crippen molar-refractivity contribution in [2.75, 3.05) is 33.0 Å². The van der Waals surface area contributed by atoms with Crippen LogP contribution in [0.5, 0.6) is 0 Å². The molecule has 12 N–H and O–H groups in total. The number of aliphatic hydroxyl groups is 9. The van der Waals surface area contributed by atoms with Gasteiger partial charge in [0.05, 0.1) is 31.0 Å². The van der Waals surface area contributed by atoms with Gasteiger partial charge < -0.3 is 50.9 Å². The van der Waals surface area contributed by atoms with Gasteiger partial charge in [0.2, 0.25) is 0 Å². The molecule has 2 aromatic rings. The highest BCUT2D eigenvalue weighted by molar-refractivity contribution is 9.10. The minimum absolute atomic E-state index is 0.104. The Morgan fingerprint density at radius 1 is 0.696 bits per heavy atom. The first-order valence-electron chi connectivity index (χ1n) is 14.9. The second-order valence-corrected chi connectivity index (χ2v) is 11.8. The highest BCUT2D eigenvalue weighted by Crippen LogP contribution is 2.26. The van der Waals surface area contributed by atoms with Crippen LogP contribution in [0.4, 0.5) is 26.3 Å². The zero-order valence-corrected chi connectivity index (χ0v) is 29.3. The number of nitrogens with one attached hydrogen (secondary N) is 3. The van der Waals surface area contributed by atoms with Gasteiger partial charge in [-0.3, -0.25) is 39.3 Å². The van der Waals surface area contributed by atoms with Crippen molar-refractivity contribution >= 4 is 33.7 Å². The number of nitrogens with zero attached hydrogens (tertiary/aromatic N) is 3. The average molecular weight is 891 g/mol. The quantitative estimate of drug-likeness (QED) is 0.0883. The Kier molecular flexibility index (Phi) is 18.3. The second kappa shape index (κ2) is 20.7. The van der Waals surface area contributed by atoms with E-state index in [1.165, 1.54) is 12.3 Å². The molecule has 0 unspecified atom stereocenters.